The number of allylic oxidation sites excluding steroid dienone is 4. The number of amides is 1. The van der Waals surface area contributed by atoms with Crippen molar-refractivity contribution in [3.63, 3.8) is 0 Å². The number of piperidine rings is 1. The third-order valence-corrected chi connectivity index (χ3v) is 6.52. The van der Waals surface area contributed by atoms with Crippen LogP contribution in [0.3, 0.4) is 0 Å². The standard InChI is InChI=1S/C25H30N4O4.2C2H6/c1-19(20-6-3-2-4-7-20)16-23(31)27-13-11-25(33,12-14-27)17-28-18-26-29-21(8-5-15-30)9-10-22(29)24(28)32;2*1-2/h3,6-7,9-10,18-19,30,33H,2,4,11-17H2,1H3;2*1-2H3. The molecule has 202 valence electrons. The van der Waals surface area contributed by atoms with E-state index in [1.165, 1.54) is 21.0 Å². The fourth-order valence-corrected chi connectivity index (χ4v) is 4.52. The van der Waals surface area contributed by atoms with Crippen LogP contribution in [0.5, 0.6) is 0 Å². The van der Waals surface area contributed by atoms with Crippen LogP contribution < -0.4 is 5.56 Å². The van der Waals surface area contributed by atoms with Crippen molar-refractivity contribution >= 4 is 11.4 Å². The Balaban J connectivity index is 0.00000115. The highest BCUT2D eigenvalue weighted by atomic mass is 16.3. The minimum atomic E-state index is -1.08. The van der Waals surface area contributed by atoms with Crippen LogP contribution in [0, 0.1) is 17.8 Å². The number of carbonyl (C=O) groups is 1. The first-order chi connectivity index (χ1) is 17.9. The second-order valence-electron chi connectivity index (χ2n) is 8.93. The Kier molecular flexibility index (Phi) is 11.8. The Hall–Kier alpha value is -3.15. The van der Waals surface area contributed by atoms with Crippen LogP contribution in [0.4, 0.5) is 0 Å². The van der Waals surface area contributed by atoms with Gasteiger partial charge in [0.25, 0.3) is 5.56 Å². The zero-order valence-electron chi connectivity index (χ0n) is 22.9. The smallest absolute Gasteiger partial charge is 0.277 e. The molecule has 37 heavy (non-hydrogen) atoms. The molecule has 0 saturated carbocycles. The highest BCUT2D eigenvalue weighted by Gasteiger charge is 2.35. The zero-order valence-corrected chi connectivity index (χ0v) is 22.9. The van der Waals surface area contributed by atoms with Gasteiger partial charge < -0.3 is 15.1 Å². The fraction of sp³-hybridized carbons (Fsp3) is 0.552. The number of aliphatic hydroxyl groups is 2. The van der Waals surface area contributed by atoms with Gasteiger partial charge in [-0.15, -0.1) is 0 Å². The van der Waals surface area contributed by atoms with E-state index in [0.29, 0.717) is 43.6 Å². The molecular weight excluding hydrogens is 468 g/mol. The lowest BCUT2D eigenvalue weighted by Gasteiger charge is -2.38. The molecule has 1 aliphatic heterocycles. The number of aliphatic hydroxyl groups excluding tert-OH is 1. The van der Waals surface area contributed by atoms with Crippen LogP contribution in [0.1, 0.15) is 72.4 Å². The van der Waals surface area contributed by atoms with Gasteiger partial charge in [0, 0.05) is 19.5 Å². The normalized spacial score (nSPS) is 16.8. The number of nitrogens with zero attached hydrogens (tertiary/aromatic N) is 4. The summed E-state index contributed by atoms with van der Waals surface area (Å²) in [5.41, 5.74) is 0.754. The number of rotatable bonds is 5. The van der Waals surface area contributed by atoms with Crippen molar-refractivity contribution in [1.29, 1.82) is 0 Å². The number of carbonyl (C=O) groups excluding carboxylic acids is 1. The van der Waals surface area contributed by atoms with E-state index in [1.807, 2.05) is 32.6 Å². The maximum atomic E-state index is 12.9. The van der Waals surface area contributed by atoms with Crippen molar-refractivity contribution in [3.05, 3.63) is 58.3 Å². The SMILES string of the molecule is CC.CC.CC(CC(=O)N1CCC(O)(Cn2cnn3c(C#CCO)ccc3c2=O)CC1)C1=CCCC=C1. The fourth-order valence-electron chi connectivity index (χ4n) is 4.52. The molecule has 1 saturated heterocycles. The largest absolute Gasteiger partial charge is 0.388 e. The molecule has 2 aromatic rings. The van der Waals surface area contributed by atoms with Crippen LogP contribution in [-0.2, 0) is 11.3 Å². The summed E-state index contributed by atoms with van der Waals surface area (Å²) in [6.45, 7) is 10.9. The molecule has 2 N–H and O–H groups in total. The minimum absolute atomic E-state index is 0.106. The average Bonchev–Trinajstić information content (AvgIpc) is 3.35. The van der Waals surface area contributed by atoms with E-state index in [1.54, 1.807) is 12.1 Å². The van der Waals surface area contributed by atoms with Crippen LogP contribution in [0.25, 0.3) is 5.52 Å². The van der Waals surface area contributed by atoms with E-state index in [0.717, 1.165) is 12.8 Å². The molecule has 0 aromatic carbocycles. The average molecular weight is 511 g/mol. The highest BCUT2D eigenvalue weighted by Crippen LogP contribution is 2.26. The van der Waals surface area contributed by atoms with Gasteiger partial charge in [0.15, 0.2) is 0 Å². The first kappa shape index (κ1) is 30.1. The summed E-state index contributed by atoms with van der Waals surface area (Å²) in [4.78, 5) is 27.5. The van der Waals surface area contributed by atoms with Crippen molar-refractivity contribution in [3.8, 4) is 11.8 Å². The first-order valence-electron chi connectivity index (χ1n) is 13.4. The maximum Gasteiger partial charge on any atom is 0.277 e. The quantitative estimate of drug-likeness (QED) is 0.600. The van der Waals surface area contributed by atoms with Gasteiger partial charge in [-0.3, -0.25) is 14.2 Å². The molecule has 3 heterocycles. The summed E-state index contributed by atoms with van der Waals surface area (Å²) in [7, 11) is 0. The molecule has 1 unspecified atom stereocenters. The van der Waals surface area contributed by atoms with E-state index in [4.69, 9.17) is 5.11 Å². The molecule has 8 nitrogen and oxygen atoms in total. The van der Waals surface area contributed by atoms with Crippen LogP contribution in [0.15, 0.2) is 47.1 Å². The molecule has 1 fully saturated rings. The van der Waals surface area contributed by atoms with Crippen LogP contribution >= 0.6 is 0 Å². The Morgan fingerprint density at radius 3 is 2.49 bits per heavy atom. The molecule has 1 amide bonds. The summed E-state index contributed by atoms with van der Waals surface area (Å²) in [6.07, 6.45) is 11.2. The highest BCUT2D eigenvalue weighted by molar-refractivity contribution is 5.77. The van der Waals surface area contributed by atoms with Gasteiger partial charge in [-0.05, 0) is 55.2 Å². The molecule has 0 bridgehead atoms. The molecule has 8 heteroatoms. The molecule has 2 aromatic heterocycles. The number of aromatic nitrogens is 3. The van der Waals surface area contributed by atoms with Crippen molar-refractivity contribution in [2.24, 2.45) is 5.92 Å². The van der Waals surface area contributed by atoms with Gasteiger partial charge in [0.1, 0.15) is 24.1 Å². The van der Waals surface area contributed by atoms with E-state index >= 15 is 0 Å². The van der Waals surface area contributed by atoms with Crippen molar-refractivity contribution in [2.45, 2.75) is 78.9 Å². The Morgan fingerprint density at radius 1 is 1.16 bits per heavy atom. The van der Waals surface area contributed by atoms with E-state index in [9.17, 15) is 14.7 Å². The molecule has 0 spiro atoms. The Morgan fingerprint density at radius 2 is 1.86 bits per heavy atom. The van der Waals surface area contributed by atoms with Gasteiger partial charge in [0.2, 0.25) is 5.91 Å². The molecule has 2 aliphatic rings. The minimum Gasteiger partial charge on any atom is -0.388 e. The Bertz CT molecular complexity index is 1200. The number of fused-ring (bicyclic) bond motifs is 1. The molecule has 4 rings (SSSR count). The summed E-state index contributed by atoms with van der Waals surface area (Å²) in [5, 5.41) is 24.3. The van der Waals surface area contributed by atoms with Gasteiger partial charge in [-0.25, -0.2) is 4.52 Å². The molecule has 0 radical (unpaired) electrons. The molecule has 1 atom stereocenters. The lowest BCUT2D eigenvalue weighted by molar-refractivity contribution is -0.136. The summed E-state index contributed by atoms with van der Waals surface area (Å²) >= 11 is 0. The lowest BCUT2D eigenvalue weighted by Crippen LogP contribution is -2.50. The monoisotopic (exact) mass is 510 g/mol. The van der Waals surface area contributed by atoms with E-state index in [-0.39, 0.29) is 30.5 Å². The topological polar surface area (TPSA) is 100 Å². The number of hydrogen-bond acceptors (Lipinski definition) is 5. The zero-order chi connectivity index (χ0) is 27.4. The van der Waals surface area contributed by atoms with Crippen LogP contribution in [0.2, 0.25) is 0 Å². The summed E-state index contributed by atoms with van der Waals surface area (Å²) < 4.78 is 2.85. The van der Waals surface area contributed by atoms with Crippen molar-refractivity contribution in [1.82, 2.24) is 19.1 Å². The van der Waals surface area contributed by atoms with E-state index < -0.39 is 5.60 Å². The predicted octanol–water partition coefficient (Wildman–Crippen LogP) is 3.55. The third-order valence-electron chi connectivity index (χ3n) is 6.52. The second-order valence-corrected chi connectivity index (χ2v) is 8.93. The van der Waals surface area contributed by atoms with Gasteiger partial charge in [-0.2, -0.15) is 5.10 Å². The van der Waals surface area contributed by atoms with Crippen molar-refractivity contribution in [2.75, 3.05) is 19.7 Å². The van der Waals surface area contributed by atoms with Gasteiger partial charge >= 0.3 is 0 Å². The summed E-state index contributed by atoms with van der Waals surface area (Å²) in [6, 6.07) is 3.31. The maximum absolute atomic E-state index is 12.9. The predicted molar refractivity (Wildman–Crippen MR) is 147 cm³/mol. The second kappa shape index (κ2) is 14.6. The number of likely N-dealkylation sites (tertiary alicyclic amines) is 1. The summed E-state index contributed by atoms with van der Waals surface area (Å²) in [5.74, 6) is 5.60. The Labute approximate surface area is 220 Å². The first-order valence-corrected chi connectivity index (χ1v) is 13.4. The number of hydrogen-bond donors (Lipinski definition) is 2. The molecule has 1 aliphatic carbocycles. The molecular formula is C29H42N4O4. The van der Waals surface area contributed by atoms with Gasteiger partial charge in [0.05, 0.1) is 12.1 Å². The van der Waals surface area contributed by atoms with Crippen LogP contribution in [-0.4, -0.2) is 60.5 Å². The van der Waals surface area contributed by atoms with E-state index in [2.05, 4.69) is 42.1 Å². The third kappa shape index (κ3) is 7.67. The lowest BCUT2D eigenvalue weighted by atomic mass is 9.89. The van der Waals surface area contributed by atoms with Gasteiger partial charge in [-0.1, -0.05) is 58.8 Å². The van der Waals surface area contributed by atoms with Crippen molar-refractivity contribution < 1.29 is 15.0 Å².